The van der Waals surface area contributed by atoms with E-state index in [4.69, 9.17) is 16.3 Å². The van der Waals surface area contributed by atoms with Crippen molar-refractivity contribution in [3.8, 4) is 5.75 Å². The molecule has 0 aliphatic carbocycles. The average Bonchev–Trinajstić information content (AvgIpc) is 2.62. The smallest absolute Gasteiger partial charge is 0.191 e. The molecule has 1 saturated heterocycles. The number of hydrogen-bond donors (Lipinski definition) is 2. The zero-order valence-electron chi connectivity index (χ0n) is 15.6. The molecule has 2 rings (SSSR count). The van der Waals surface area contributed by atoms with Gasteiger partial charge in [0.25, 0.3) is 0 Å². The number of guanidine groups is 1. The van der Waals surface area contributed by atoms with E-state index in [0.29, 0.717) is 23.4 Å². The molecule has 0 spiro atoms. The molecule has 1 atom stereocenters. The van der Waals surface area contributed by atoms with Crippen LogP contribution >= 0.6 is 35.6 Å². The lowest BCUT2D eigenvalue weighted by molar-refractivity contribution is 0.219. The van der Waals surface area contributed by atoms with Crippen molar-refractivity contribution in [1.29, 1.82) is 0 Å². The van der Waals surface area contributed by atoms with Crippen molar-refractivity contribution in [2.24, 2.45) is 4.99 Å². The molecule has 0 radical (unpaired) electrons. The molecule has 7 heteroatoms. The second-order valence-electron chi connectivity index (χ2n) is 6.32. The number of halogens is 2. The van der Waals surface area contributed by atoms with Crippen molar-refractivity contribution in [3.63, 3.8) is 0 Å². The third-order valence-corrected chi connectivity index (χ3v) is 4.57. The lowest BCUT2D eigenvalue weighted by Crippen LogP contribution is -2.50. The average molecular weight is 493 g/mol. The number of piperidine rings is 1. The zero-order chi connectivity index (χ0) is 18.1. The van der Waals surface area contributed by atoms with Crippen molar-refractivity contribution >= 4 is 41.5 Å². The Balaban J connectivity index is 0.00000338. The lowest BCUT2D eigenvalue weighted by Gasteiger charge is -2.32. The van der Waals surface area contributed by atoms with Crippen LogP contribution in [-0.4, -0.2) is 56.2 Å². The Morgan fingerprint density at radius 1 is 1.42 bits per heavy atom. The second kappa shape index (κ2) is 12.4. The van der Waals surface area contributed by atoms with Gasteiger partial charge in [0.15, 0.2) is 5.96 Å². The predicted octanol–water partition coefficient (Wildman–Crippen LogP) is 3.54. The number of ether oxygens (including phenoxy) is 1. The van der Waals surface area contributed by atoms with E-state index in [0.717, 1.165) is 38.4 Å². The van der Waals surface area contributed by atoms with Gasteiger partial charge in [-0.3, -0.25) is 9.89 Å². The summed E-state index contributed by atoms with van der Waals surface area (Å²) >= 11 is 6.13. The molecule has 1 heterocycles. The van der Waals surface area contributed by atoms with Gasteiger partial charge in [-0.2, -0.15) is 0 Å². The number of nitrogens with zero attached hydrogens (tertiary/aromatic N) is 2. The fraction of sp³-hybridized carbons (Fsp3) is 0.526. The maximum Gasteiger partial charge on any atom is 0.191 e. The summed E-state index contributed by atoms with van der Waals surface area (Å²) in [4.78, 5) is 6.73. The van der Waals surface area contributed by atoms with Gasteiger partial charge in [-0.1, -0.05) is 29.8 Å². The number of hydrogen-bond acceptors (Lipinski definition) is 3. The summed E-state index contributed by atoms with van der Waals surface area (Å²) in [6, 6.07) is 7.97. The van der Waals surface area contributed by atoms with Gasteiger partial charge in [-0.25, -0.2) is 0 Å². The summed E-state index contributed by atoms with van der Waals surface area (Å²) in [5.41, 5.74) is 0. The molecule has 0 aromatic heterocycles. The van der Waals surface area contributed by atoms with Gasteiger partial charge in [0, 0.05) is 32.7 Å². The SMILES string of the molecule is C=CCN1CCC(NC(=NC)NCC(C)Oc2ccccc2Cl)CC1.I. The second-order valence-corrected chi connectivity index (χ2v) is 6.73. The number of likely N-dealkylation sites (tertiary alicyclic amines) is 1. The van der Waals surface area contributed by atoms with Crippen LogP contribution in [-0.2, 0) is 0 Å². The largest absolute Gasteiger partial charge is 0.487 e. The summed E-state index contributed by atoms with van der Waals surface area (Å²) in [5.74, 6) is 1.52. The van der Waals surface area contributed by atoms with Crippen LogP contribution in [0.25, 0.3) is 0 Å². The van der Waals surface area contributed by atoms with Crippen LogP contribution in [0.3, 0.4) is 0 Å². The van der Waals surface area contributed by atoms with E-state index in [1.54, 1.807) is 7.05 Å². The summed E-state index contributed by atoms with van der Waals surface area (Å²) in [7, 11) is 1.79. The Labute approximate surface area is 179 Å². The van der Waals surface area contributed by atoms with Crippen LogP contribution < -0.4 is 15.4 Å². The standard InChI is InChI=1S/C19H29ClN4O.HI/c1-4-11-24-12-9-16(10-13-24)23-19(21-3)22-14-15(2)25-18-8-6-5-7-17(18)20;/h4-8,15-16H,1,9-14H2,2-3H3,(H2,21,22,23);1H. The highest BCUT2D eigenvalue weighted by atomic mass is 127. The third-order valence-electron chi connectivity index (χ3n) is 4.26. The molecule has 26 heavy (non-hydrogen) atoms. The highest BCUT2D eigenvalue weighted by Crippen LogP contribution is 2.24. The van der Waals surface area contributed by atoms with Crippen molar-refractivity contribution in [3.05, 3.63) is 41.9 Å². The van der Waals surface area contributed by atoms with E-state index in [1.807, 2.05) is 37.3 Å². The van der Waals surface area contributed by atoms with Gasteiger partial charge in [-0.15, -0.1) is 30.6 Å². The molecule has 1 aliphatic rings. The van der Waals surface area contributed by atoms with E-state index in [-0.39, 0.29) is 30.1 Å². The monoisotopic (exact) mass is 492 g/mol. The van der Waals surface area contributed by atoms with Crippen molar-refractivity contribution in [1.82, 2.24) is 15.5 Å². The topological polar surface area (TPSA) is 48.9 Å². The Kier molecular flexibility index (Phi) is 11.0. The predicted molar refractivity (Wildman–Crippen MR) is 121 cm³/mol. The highest BCUT2D eigenvalue weighted by molar-refractivity contribution is 14.0. The van der Waals surface area contributed by atoms with E-state index >= 15 is 0 Å². The van der Waals surface area contributed by atoms with Gasteiger partial charge in [0.2, 0.25) is 0 Å². The first-order chi connectivity index (χ1) is 12.1. The molecule has 146 valence electrons. The molecular formula is C19H30ClIN4O. The van der Waals surface area contributed by atoms with Gasteiger partial charge >= 0.3 is 0 Å². The minimum absolute atomic E-state index is 0. The fourth-order valence-corrected chi connectivity index (χ4v) is 3.05. The van der Waals surface area contributed by atoms with E-state index < -0.39 is 0 Å². The van der Waals surface area contributed by atoms with Gasteiger partial charge in [0.1, 0.15) is 11.9 Å². The molecule has 0 bridgehead atoms. The molecule has 1 aliphatic heterocycles. The maximum atomic E-state index is 6.13. The molecule has 1 aromatic carbocycles. The summed E-state index contributed by atoms with van der Waals surface area (Å²) in [6.45, 7) is 9.62. The lowest BCUT2D eigenvalue weighted by atomic mass is 10.1. The third kappa shape index (κ3) is 7.72. The van der Waals surface area contributed by atoms with Crippen molar-refractivity contribution < 1.29 is 4.74 Å². The van der Waals surface area contributed by atoms with Crippen LogP contribution in [0.5, 0.6) is 5.75 Å². The van der Waals surface area contributed by atoms with E-state index in [9.17, 15) is 0 Å². The minimum atomic E-state index is -0.0205. The van der Waals surface area contributed by atoms with E-state index in [2.05, 4.69) is 27.1 Å². The first kappa shape index (κ1) is 23.0. The van der Waals surface area contributed by atoms with Gasteiger partial charge in [0.05, 0.1) is 11.6 Å². The van der Waals surface area contributed by atoms with Gasteiger partial charge < -0.3 is 15.4 Å². The van der Waals surface area contributed by atoms with Crippen LogP contribution in [0.4, 0.5) is 0 Å². The van der Waals surface area contributed by atoms with E-state index in [1.165, 1.54) is 0 Å². The summed E-state index contributed by atoms with van der Waals surface area (Å²) < 4.78 is 5.88. The fourth-order valence-electron chi connectivity index (χ4n) is 2.87. The van der Waals surface area contributed by atoms with Crippen LogP contribution in [0.1, 0.15) is 19.8 Å². The van der Waals surface area contributed by atoms with Crippen molar-refractivity contribution in [2.45, 2.75) is 31.9 Å². The van der Waals surface area contributed by atoms with Crippen LogP contribution in [0.15, 0.2) is 41.9 Å². The number of benzene rings is 1. The quantitative estimate of drug-likeness (QED) is 0.265. The first-order valence-electron chi connectivity index (χ1n) is 8.84. The van der Waals surface area contributed by atoms with Crippen molar-refractivity contribution in [2.75, 3.05) is 33.2 Å². The molecule has 2 N–H and O–H groups in total. The number of para-hydroxylation sites is 1. The summed E-state index contributed by atoms with van der Waals surface area (Å²) in [5, 5.41) is 7.47. The first-order valence-corrected chi connectivity index (χ1v) is 9.21. The minimum Gasteiger partial charge on any atom is -0.487 e. The molecule has 5 nitrogen and oxygen atoms in total. The Morgan fingerprint density at radius 3 is 2.73 bits per heavy atom. The zero-order valence-corrected chi connectivity index (χ0v) is 18.7. The molecule has 0 amide bonds. The van der Waals surface area contributed by atoms with Gasteiger partial charge in [-0.05, 0) is 31.9 Å². The number of rotatable bonds is 7. The summed E-state index contributed by atoms with van der Waals surface area (Å²) in [6.07, 6.45) is 4.17. The molecule has 1 fully saturated rings. The van der Waals surface area contributed by atoms with Crippen LogP contribution in [0, 0.1) is 0 Å². The Hall–Kier alpha value is -0.990. The van der Waals surface area contributed by atoms with Crippen LogP contribution in [0.2, 0.25) is 5.02 Å². The molecule has 0 saturated carbocycles. The molecule has 1 aromatic rings. The Morgan fingerprint density at radius 2 is 2.12 bits per heavy atom. The number of aliphatic imine (C=N–C) groups is 1. The molecular weight excluding hydrogens is 463 g/mol. The molecule has 1 unspecified atom stereocenters. The maximum absolute atomic E-state index is 6.13. The normalized spacial score (nSPS) is 17.1. The highest BCUT2D eigenvalue weighted by Gasteiger charge is 2.19. The Bertz CT molecular complexity index is 576. The number of nitrogens with one attached hydrogen (secondary N) is 2.